The van der Waals surface area contributed by atoms with Gasteiger partial charge in [0.15, 0.2) is 0 Å². The minimum atomic E-state index is -0.687. The molecule has 116 valence electrons. The van der Waals surface area contributed by atoms with E-state index in [9.17, 15) is 5.11 Å². The van der Waals surface area contributed by atoms with Gasteiger partial charge < -0.3 is 14.6 Å². The number of hydrogen-bond donors (Lipinski definition) is 1. The molecule has 4 heteroatoms. The van der Waals surface area contributed by atoms with E-state index in [4.69, 9.17) is 9.47 Å². The monoisotopic (exact) mass is 354 g/mol. The number of fused-ring (bicyclic) bond motifs is 1. The summed E-state index contributed by atoms with van der Waals surface area (Å²) in [5, 5.41) is 11.0. The number of benzene rings is 1. The summed E-state index contributed by atoms with van der Waals surface area (Å²) in [7, 11) is 0. The summed E-state index contributed by atoms with van der Waals surface area (Å²) in [4.78, 5) is 0. The quantitative estimate of drug-likeness (QED) is 0.902. The van der Waals surface area contributed by atoms with Gasteiger partial charge >= 0.3 is 0 Å². The largest absolute Gasteiger partial charge is 0.493 e. The highest BCUT2D eigenvalue weighted by Gasteiger charge is 2.37. The number of ether oxygens (including phenoxy) is 2. The SMILES string of the molecule is CC(C)C1CC(O)(Cc2cc(Br)cc3c2OCC3)CCO1. The number of rotatable bonds is 3. The molecule has 1 N–H and O–H groups in total. The topological polar surface area (TPSA) is 38.7 Å². The minimum Gasteiger partial charge on any atom is -0.493 e. The van der Waals surface area contributed by atoms with E-state index < -0.39 is 5.60 Å². The first-order chi connectivity index (χ1) is 9.97. The molecule has 1 fully saturated rings. The van der Waals surface area contributed by atoms with Crippen molar-refractivity contribution in [2.75, 3.05) is 13.2 Å². The van der Waals surface area contributed by atoms with Crippen molar-refractivity contribution in [1.29, 1.82) is 0 Å². The first kappa shape index (κ1) is 15.3. The van der Waals surface area contributed by atoms with Crippen molar-refractivity contribution in [3.8, 4) is 5.75 Å². The molecule has 0 bridgehead atoms. The van der Waals surface area contributed by atoms with Gasteiger partial charge in [0.05, 0.1) is 18.3 Å². The van der Waals surface area contributed by atoms with Crippen LogP contribution in [0.3, 0.4) is 0 Å². The average molecular weight is 355 g/mol. The molecule has 0 radical (unpaired) electrons. The molecule has 1 aromatic carbocycles. The third kappa shape index (κ3) is 3.27. The van der Waals surface area contributed by atoms with Crippen molar-refractivity contribution in [1.82, 2.24) is 0 Å². The Bertz CT molecular complexity index is 529. The molecule has 3 rings (SSSR count). The Balaban J connectivity index is 1.83. The molecule has 2 atom stereocenters. The molecule has 3 nitrogen and oxygen atoms in total. The van der Waals surface area contributed by atoms with E-state index in [1.54, 1.807) is 0 Å². The molecule has 0 aromatic heterocycles. The van der Waals surface area contributed by atoms with Gasteiger partial charge in [0, 0.05) is 30.3 Å². The highest BCUT2D eigenvalue weighted by molar-refractivity contribution is 9.10. The van der Waals surface area contributed by atoms with Gasteiger partial charge in [0.2, 0.25) is 0 Å². The van der Waals surface area contributed by atoms with Gasteiger partial charge in [-0.3, -0.25) is 0 Å². The Morgan fingerprint density at radius 2 is 2.19 bits per heavy atom. The lowest BCUT2D eigenvalue weighted by molar-refractivity contribution is -0.116. The van der Waals surface area contributed by atoms with E-state index in [0.717, 1.165) is 28.8 Å². The predicted octanol–water partition coefficient (Wildman–Crippen LogP) is 3.49. The first-order valence-corrected chi connectivity index (χ1v) is 8.54. The van der Waals surface area contributed by atoms with Gasteiger partial charge in [-0.25, -0.2) is 0 Å². The van der Waals surface area contributed by atoms with Crippen molar-refractivity contribution in [2.45, 2.75) is 51.2 Å². The molecule has 0 saturated carbocycles. The van der Waals surface area contributed by atoms with Crippen molar-refractivity contribution >= 4 is 15.9 Å². The van der Waals surface area contributed by atoms with E-state index in [2.05, 4.69) is 41.9 Å². The van der Waals surface area contributed by atoms with Crippen molar-refractivity contribution < 1.29 is 14.6 Å². The number of aliphatic hydroxyl groups is 1. The second-order valence-corrected chi connectivity index (χ2v) is 7.58. The Morgan fingerprint density at radius 1 is 1.38 bits per heavy atom. The van der Waals surface area contributed by atoms with Gasteiger partial charge in [0.25, 0.3) is 0 Å². The standard InChI is InChI=1S/C17H23BrO3/c1-11(2)15-10-17(19,4-6-20-15)9-13-8-14(18)7-12-3-5-21-16(12)13/h7-8,11,15,19H,3-6,9-10H2,1-2H3. The van der Waals surface area contributed by atoms with Crippen LogP contribution >= 0.6 is 15.9 Å². The van der Waals surface area contributed by atoms with Gasteiger partial charge in [-0.15, -0.1) is 0 Å². The molecule has 0 aliphatic carbocycles. The fraction of sp³-hybridized carbons (Fsp3) is 0.647. The van der Waals surface area contributed by atoms with E-state index in [1.807, 2.05) is 0 Å². The zero-order valence-corrected chi connectivity index (χ0v) is 14.3. The highest BCUT2D eigenvalue weighted by Crippen LogP contribution is 2.38. The Morgan fingerprint density at radius 3 is 2.95 bits per heavy atom. The molecule has 2 heterocycles. The van der Waals surface area contributed by atoms with Crippen LogP contribution in [0.1, 0.15) is 37.8 Å². The van der Waals surface area contributed by atoms with E-state index in [0.29, 0.717) is 31.8 Å². The van der Waals surface area contributed by atoms with Gasteiger partial charge in [-0.2, -0.15) is 0 Å². The summed E-state index contributed by atoms with van der Waals surface area (Å²) in [5.41, 5.74) is 1.67. The van der Waals surface area contributed by atoms with Crippen LogP contribution < -0.4 is 4.74 Å². The maximum Gasteiger partial charge on any atom is 0.125 e. The molecule has 2 unspecified atom stereocenters. The maximum atomic E-state index is 11.0. The average Bonchev–Trinajstić information content (AvgIpc) is 2.86. The molecule has 1 saturated heterocycles. The van der Waals surface area contributed by atoms with Crippen LogP contribution in [0.25, 0.3) is 0 Å². The van der Waals surface area contributed by atoms with E-state index >= 15 is 0 Å². The molecular weight excluding hydrogens is 332 g/mol. The fourth-order valence-corrected chi connectivity index (χ4v) is 3.91. The number of hydrogen-bond acceptors (Lipinski definition) is 3. The van der Waals surface area contributed by atoms with E-state index in [-0.39, 0.29) is 6.10 Å². The lowest BCUT2D eigenvalue weighted by atomic mass is 9.81. The van der Waals surface area contributed by atoms with Gasteiger partial charge in [-0.05, 0) is 35.6 Å². The normalized spacial score (nSPS) is 28.5. The summed E-state index contributed by atoms with van der Waals surface area (Å²) in [6, 6.07) is 4.21. The smallest absolute Gasteiger partial charge is 0.125 e. The number of halogens is 1. The minimum absolute atomic E-state index is 0.143. The van der Waals surface area contributed by atoms with Gasteiger partial charge in [0.1, 0.15) is 5.75 Å². The zero-order valence-electron chi connectivity index (χ0n) is 12.7. The molecule has 0 amide bonds. The second-order valence-electron chi connectivity index (χ2n) is 6.66. The van der Waals surface area contributed by atoms with Crippen molar-refractivity contribution in [2.24, 2.45) is 5.92 Å². The third-order valence-corrected chi connectivity index (χ3v) is 5.03. The van der Waals surface area contributed by atoms with Crippen LogP contribution in [0.2, 0.25) is 0 Å². The molecule has 2 aliphatic heterocycles. The zero-order chi connectivity index (χ0) is 15.0. The second kappa shape index (κ2) is 5.90. The van der Waals surface area contributed by atoms with Crippen molar-refractivity contribution in [3.63, 3.8) is 0 Å². The van der Waals surface area contributed by atoms with Crippen molar-refractivity contribution in [3.05, 3.63) is 27.7 Å². The summed E-state index contributed by atoms with van der Waals surface area (Å²) >= 11 is 3.57. The molecule has 0 spiro atoms. The molecule has 2 aliphatic rings. The summed E-state index contributed by atoms with van der Waals surface area (Å²) < 4.78 is 12.6. The van der Waals surface area contributed by atoms with Crippen LogP contribution in [0.4, 0.5) is 0 Å². The summed E-state index contributed by atoms with van der Waals surface area (Å²) in [6.07, 6.45) is 3.13. The molecular formula is C17H23BrO3. The third-order valence-electron chi connectivity index (χ3n) is 4.57. The summed E-state index contributed by atoms with van der Waals surface area (Å²) in [5.74, 6) is 1.42. The van der Waals surface area contributed by atoms with E-state index in [1.165, 1.54) is 5.56 Å². The van der Waals surface area contributed by atoms with Crippen LogP contribution in [-0.4, -0.2) is 30.0 Å². The lowest BCUT2D eigenvalue weighted by Crippen LogP contribution is -2.44. The first-order valence-electron chi connectivity index (χ1n) is 7.75. The Kier molecular flexibility index (Phi) is 4.30. The molecule has 1 aromatic rings. The lowest BCUT2D eigenvalue weighted by Gasteiger charge is -2.39. The van der Waals surface area contributed by atoms with Crippen LogP contribution in [0.5, 0.6) is 5.75 Å². The fourth-order valence-electron chi connectivity index (χ4n) is 3.36. The Labute approximate surface area is 134 Å². The predicted molar refractivity (Wildman–Crippen MR) is 85.8 cm³/mol. The Hall–Kier alpha value is -0.580. The van der Waals surface area contributed by atoms with Crippen LogP contribution in [0.15, 0.2) is 16.6 Å². The molecule has 21 heavy (non-hydrogen) atoms. The van der Waals surface area contributed by atoms with Crippen LogP contribution in [-0.2, 0) is 17.6 Å². The van der Waals surface area contributed by atoms with Gasteiger partial charge in [-0.1, -0.05) is 29.8 Å². The highest BCUT2D eigenvalue weighted by atomic mass is 79.9. The summed E-state index contributed by atoms with van der Waals surface area (Å²) in [6.45, 7) is 5.68. The maximum absolute atomic E-state index is 11.0. The van der Waals surface area contributed by atoms with Crippen LogP contribution in [0, 0.1) is 5.92 Å².